The maximum absolute atomic E-state index is 12.3. The smallest absolute Gasteiger partial charge is 0.0654 e. The van der Waals surface area contributed by atoms with Crippen molar-refractivity contribution in [2.24, 2.45) is 0 Å². The van der Waals surface area contributed by atoms with E-state index in [1.165, 1.54) is 399 Å². The summed E-state index contributed by atoms with van der Waals surface area (Å²) in [4.78, 5) is 0. The second-order valence-corrected chi connectivity index (χ2v) is 30.1. The van der Waals surface area contributed by atoms with E-state index in [0.29, 0.717) is 0 Å². The van der Waals surface area contributed by atoms with Gasteiger partial charge in [-0.3, -0.25) is 0 Å². The van der Waals surface area contributed by atoms with E-state index in [-0.39, 0.29) is 0 Å². The molecule has 0 amide bonds. The summed E-state index contributed by atoms with van der Waals surface area (Å²) in [6.07, 6.45) is 90.6. The number of rotatable bonds is 67. The molecule has 2 aromatic rings. The Kier molecular flexibility index (Phi) is 61.9. The molecule has 1 aliphatic rings. The number of unbranched alkanes of at least 4 members (excludes halogenated alkanes) is 53. The molecule has 0 spiro atoms. The Bertz CT molecular complexity index is 1930. The van der Waals surface area contributed by atoms with Crippen LogP contribution in [0.3, 0.4) is 0 Å². The number of nitrogens with zero attached hydrogens (tertiary/aromatic N) is 2. The molecule has 0 aromatic heterocycles. The zero-order chi connectivity index (χ0) is 65.2. The molecule has 3 rings (SSSR count). The number of hydrogen-bond acceptors (Lipinski definition) is 0. The SMILES string of the molecule is CCCCCCCCCCCCCCCCCCCCC=CC1=C(c2ccc(CCCCCCCC)cc2)[N+](=[N-])C(c2ccc(CCCCCCCC)cc2)=C1CCCCCC.CCCCCCCCCCCCC[CH2][Ni][CH2]CCCCCCCCCCCCC. The molecule has 0 aliphatic carbocycles. The summed E-state index contributed by atoms with van der Waals surface area (Å²) in [5.41, 5.74) is 21.8. The van der Waals surface area contributed by atoms with Gasteiger partial charge in [0.15, 0.2) is 0 Å². The zero-order valence-electron chi connectivity index (χ0n) is 62.2. The van der Waals surface area contributed by atoms with Crippen molar-refractivity contribution in [2.45, 2.75) is 450 Å². The van der Waals surface area contributed by atoms with Gasteiger partial charge in [-0.1, -0.05) is 283 Å². The van der Waals surface area contributed by atoms with Crippen LogP contribution < -0.4 is 0 Å². The van der Waals surface area contributed by atoms with Crippen molar-refractivity contribution in [3.8, 4) is 0 Å². The Labute approximate surface area is 577 Å². The monoisotopic (exact) mass is 1300 g/mol. The van der Waals surface area contributed by atoms with Crippen LogP contribution in [0.1, 0.15) is 449 Å². The fourth-order valence-electron chi connectivity index (χ4n) is 13.7. The molecule has 0 unspecified atom stereocenters. The van der Waals surface area contributed by atoms with Crippen molar-refractivity contribution >= 4 is 11.4 Å². The van der Waals surface area contributed by atoms with Gasteiger partial charge in [0.1, 0.15) is 0 Å². The number of aryl methyl sites for hydroxylation is 2. The standard InChI is InChI=1S/C60H98N2.2C14H29.Ni/c1-5-9-13-17-20-21-22-23-24-25-26-27-28-29-30-31-32-33-36-40-44-58-57(43-39-16-12-8-4)59(55-49-45-53(46-50-55)41-37-34-18-14-10-6-2)62(61)60(58)56-51-47-54(48-52-56)42-38-35-19-15-11-7-3;2*1-3-5-7-9-11-13-14-12-10-8-6-4-2;/h40,44-52H,5-39,41-43H2,1-4H3;2*1,3-14H2,2H3;. The number of hydrogen-bond donors (Lipinski definition) is 0. The Morgan fingerprint density at radius 2 is 0.516 bits per heavy atom. The van der Waals surface area contributed by atoms with Gasteiger partial charge in [-0.15, -0.1) is 0 Å². The third-order valence-electron chi connectivity index (χ3n) is 19.8. The summed E-state index contributed by atoms with van der Waals surface area (Å²) in [6.45, 7) is 13.8. The van der Waals surface area contributed by atoms with Gasteiger partial charge in [0.2, 0.25) is 11.4 Å². The number of allylic oxidation sites excluding steroid dienone is 4. The zero-order valence-corrected chi connectivity index (χ0v) is 63.2. The second kappa shape index (κ2) is 66.4. The van der Waals surface area contributed by atoms with Crippen molar-refractivity contribution in [1.29, 1.82) is 0 Å². The minimum absolute atomic E-state index is 0.960. The van der Waals surface area contributed by atoms with Crippen LogP contribution in [0.25, 0.3) is 16.9 Å². The van der Waals surface area contributed by atoms with Gasteiger partial charge < -0.3 is 5.53 Å². The first-order valence-electron chi connectivity index (χ1n) is 41.3. The van der Waals surface area contributed by atoms with E-state index < -0.39 is 0 Å². The van der Waals surface area contributed by atoms with E-state index in [0.717, 1.165) is 54.6 Å². The molecule has 3 heteroatoms. The molecule has 0 radical (unpaired) electrons. The Morgan fingerprint density at radius 1 is 0.275 bits per heavy atom. The van der Waals surface area contributed by atoms with Crippen LogP contribution in [-0.4, -0.2) is 4.70 Å². The molecule has 2 aromatic carbocycles. The molecule has 1 heterocycles. The normalized spacial score (nSPS) is 12.7. The van der Waals surface area contributed by atoms with E-state index in [1.807, 2.05) is 14.4 Å². The minimum atomic E-state index is 0.960. The molecule has 0 saturated carbocycles. The average molecular weight is 1300 g/mol. The summed E-state index contributed by atoms with van der Waals surface area (Å²) in [5, 5.41) is 2.87. The molecular weight excluding hydrogens is 1140 g/mol. The quantitative estimate of drug-likeness (QED) is 0.0358. The molecule has 1 aliphatic heterocycles. The summed E-state index contributed by atoms with van der Waals surface area (Å²) >= 11 is 2.04. The van der Waals surface area contributed by atoms with Crippen LogP contribution in [0.15, 0.2) is 71.8 Å². The van der Waals surface area contributed by atoms with E-state index in [9.17, 15) is 5.53 Å². The Morgan fingerprint density at radius 3 is 0.824 bits per heavy atom. The first-order chi connectivity index (χ1) is 45.1. The average Bonchev–Trinajstić information content (AvgIpc) is 1.65. The predicted molar refractivity (Wildman–Crippen MR) is 408 cm³/mol. The van der Waals surface area contributed by atoms with Gasteiger partial charge in [0, 0.05) is 16.7 Å². The van der Waals surface area contributed by atoms with Crippen LogP contribution in [0.2, 0.25) is 10.8 Å². The minimum Gasteiger partial charge on any atom is -0.0654 e. The molecule has 91 heavy (non-hydrogen) atoms. The molecule has 528 valence electrons. The van der Waals surface area contributed by atoms with Gasteiger partial charge in [-0.25, -0.2) is 4.70 Å². The van der Waals surface area contributed by atoms with E-state index in [2.05, 4.69) is 102 Å². The predicted octanol–water partition coefficient (Wildman–Crippen LogP) is 31.9. The summed E-state index contributed by atoms with van der Waals surface area (Å²) < 4.78 is 1.57. The summed E-state index contributed by atoms with van der Waals surface area (Å²) in [7, 11) is 0. The third-order valence-corrected chi connectivity index (χ3v) is 21.2. The van der Waals surface area contributed by atoms with Gasteiger partial charge in [-0.05, 0) is 86.8 Å². The van der Waals surface area contributed by atoms with Crippen molar-refractivity contribution in [1.82, 2.24) is 0 Å². The Balaban J connectivity index is 0.000000815. The fraction of sp³-hybridized carbons (Fsp3) is 0.795. The molecule has 0 saturated heterocycles. The van der Waals surface area contributed by atoms with Gasteiger partial charge in [0.25, 0.3) is 0 Å². The fourth-order valence-corrected chi connectivity index (χ4v) is 14.9. The third kappa shape index (κ3) is 48.2. The maximum atomic E-state index is 12.3. The first-order valence-corrected chi connectivity index (χ1v) is 42.7. The van der Waals surface area contributed by atoms with Crippen LogP contribution >= 0.6 is 0 Å². The van der Waals surface area contributed by atoms with Crippen LogP contribution in [-0.2, 0) is 27.3 Å². The first kappa shape index (κ1) is 84.8. The van der Waals surface area contributed by atoms with Gasteiger partial charge in [0.05, 0.1) is 5.57 Å². The van der Waals surface area contributed by atoms with Crippen molar-refractivity contribution in [3.63, 3.8) is 0 Å². The topological polar surface area (TPSA) is 25.3 Å². The molecule has 0 N–H and O–H groups in total. The summed E-state index contributed by atoms with van der Waals surface area (Å²) in [6, 6.07) is 18.4. The number of benzene rings is 2. The van der Waals surface area contributed by atoms with Crippen LogP contribution in [0, 0.1) is 0 Å². The van der Waals surface area contributed by atoms with Crippen LogP contribution in [0.5, 0.6) is 0 Å². The van der Waals surface area contributed by atoms with Crippen molar-refractivity contribution < 1.29 is 19.1 Å². The summed E-state index contributed by atoms with van der Waals surface area (Å²) in [5.74, 6) is 0. The molecule has 2 nitrogen and oxygen atoms in total. The molecule has 0 bridgehead atoms. The molecule has 0 fully saturated rings. The molecule has 0 atom stereocenters. The van der Waals surface area contributed by atoms with Crippen molar-refractivity contribution in [3.05, 3.63) is 99.6 Å². The van der Waals surface area contributed by atoms with E-state index in [4.69, 9.17) is 0 Å². The van der Waals surface area contributed by atoms with Gasteiger partial charge in [-0.2, -0.15) is 0 Å². The van der Waals surface area contributed by atoms with Gasteiger partial charge >= 0.3 is 166 Å². The Hall–Kier alpha value is -2.25. The van der Waals surface area contributed by atoms with E-state index in [1.54, 1.807) is 4.70 Å². The second-order valence-electron chi connectivity index (χ2n) is 28.6. The van der Waals surface area contributed by atoms with Crippen LogP contribution in [0.4, 0.5) is 0 Å². The van der Waals surface area contributed by atoms with E-state index >= 15 is 0 Å². The molecular formula is C88H156N2Ni. The van der Waals surface area contributed by atoms with Crippen molar-refractivity contribution in [2.75, 3.05) is 0 Å².